The van der Waals surface area contributed by atoms with E-state index < -0.39 is 9.84 Å². The fourth-order valence-corrected chi connectivity index (χ4v) is 9.15. The predicted molar refractivity (Wildman–Crippen MR) is 185 cm³/mol. The number of aromatic nitrogens is 2. The van der Waals surface area contributed by atoms with Crippen molar-refractivity contribution in [1.29, 1.82) is 0 Å². The average Bonchev–Trinajstić information content (AvgIpc) is 3.12. The number of hydrogen-bond acceptors (Lipinski definition) is 9. The first-order valence-electron chi connectivity index (χ1n) is 16.8. The predicted octanol–water partition coefficient (Wildman–Crippen LogP) is 6.88. The fraction of sp³-hybridized carbons (Fsp3) is 0.486. The van der Waals surface area contributed by atoms with Gasteiger partial charge in [-0.1, -0.05) is 23.7 Å². The smallest absolute Gasteiger partial charge is 0.337 e. The third kappa shape index (κ3) is 7.87. The molecule has 2 aromatic carbocycles. The first kappa shape index (κ1) is 34.4. The molecule has 0 bridgehead atoms. The number of methoxy groups -OCH3 is 2. The van der Waals surface area contributed by atoms with Gasteiger partial charge in [-0.05, 0) is 122 Å². The number of ether oxygens (including phenoxy) is 3. The van der Waals surface area contributed by atoms with Crippen LogP contribution >= 0.6 is 11.6 Å². The lowest BCUT2D eigenvalue weighted by molar-refractivity contribution is 0.00349. The molecule has 0 N–H and O–H groups in total. The lowest BCUT2D eigenvalue weighted by Crippen LogP contribution is -2.45. The van der Waals surface area contributed by atoms with Crippen molar-refractivity contribution in [2.45, 2.75) is 69.2 Å². The van der Waals surface area contributed by atoms with Gasteiger partial charge in [-0.3, -0.25) is 0 Å². The molecule has 3 aliphatic rings. The third-order valence-corrected chi connectivity index (χ3v) is 12.1. The third-order valence-electron chi connectivity index (χ3n) is 10.2. The van der Waals surface area contributed by atoms with Gasteiger partial charge in [0.05, 0.1) is 30.2 Å². The van der Waals surface area contributed by atoms with Crippen LogP contribution in [0.1, 0.15) is 66.4 Å². The Hall–Kier alpha value is -3.47. The summed E-state index contributed by atoms with van der Waals surface area (Å²) >= 11 is 6.35. The van der Waals surface area contributed by atoms with Gasteiger partial charge in [0.15, 0.2) is 0 Å². The molecule has 2 heterocycles. The van der Waals surface area contributed by atoms with Crippen molar-refractivity contribution in [1.82, 2.24) is 9.97 Å². The van der Waals surface area contributed by atoms with Crippen LogP contribution in [0.4, 0.5) is 5.69 Å². The number of nitrogens with zero attached hydrogens (tertiary/aromatic N) is 3. The van der Waals surface area contributed by atoms with Crippen LogP contribution in [-0.4, -0.2) is 63.5 Å². The van der Waals surface area contributed by atoms with Crippen LogP contribution in [0.3, 0.4) is 0 Å². The minimum absolute atomic E-state index is 0.0148. The summed E-state index contributed by atoms with van der Waals surface area (Å²) in [4.78, 5) is 22.9. The lowest BCUT2D eigenvalue weighted by Gasteiger charge is -2.45. The zero-order valence-corrected chi connectivity index (χ0v) is 29.2. The molecular formula is C37H44ClN3O6S. The number of carbonyl (C=O) groups excluding carboxylic acids is 1. The number of anilines is 1. The van der Waals surface area contributed by atoms with Crippen LogP contribution in [0, 0.1) is 17.8 Å². The molecule has 256 valence electrons. The van der Waals surface area contributed by atoms with Crippen LogP contribution in [0.2, 0.25) is 5.02 Å². The van der Waals surface area contributed by atoms with Crippen molar-refractivity contribution in [3.63, 3.8) is 0 Å². The summed E-state index contributed by atoms with van der Waals surface area (Å²) in [6.07, 6.45) is 12.5. The molecule has 4 atom stereocenters. The first-order chi connectivity index (χ1) is 23.3. The van der Waals surface area contributed by atoms with E-state index in [1.165, 1.54) is 30.6 Å². The van der Waals surface area contributed by atoms with Gasteiger partial charge >= 0.3 is 5.97 Å². The van der Waals surface area contributed by atoms with Crippen LogP contribution in [-0.2, 0) is 32.3 Å². The van der Waals surface area contributed by atoms with Gasteiger partial charge < -0.3 is 19.1 Å². The average molecular weight is 694 g/mol. The summed E-state index contributed by atoms with van der Waals surface area (Å²) in [5.74, 6) is 1.17. The Kier molecular flexibility index (Phi) is 11.0. The van der Waals surface area contributed by atoms with Gasteiger partial charge in [0.1, 0.15) is 12.4 Å². The Labute approximate surface area is 288 Å². The maximum atomic E-state index is 12.9. The molecule has 0 saturated heterocycles. The molecule has 9 nitrogen and oxygen atoms in total. The Balaban J connectivity index is 1.18. The number of rotatable bonds is 9. The maximum absolute atomic E-state index is 12.9. The van der Waals surface area contributed by atoms with E-state index in [9.17, 15) is 13.2 Å². The quantitative estimate of drug-likeness (QED) is 0.135. The molecule has 1 saturated carbocycles. The number of aryl methyl sites for hydroxylation is 1. The number of esters is 1. The standard InChI is InChI=1S/C37H44ClN3O6S/c1-45-35(26-9-7-25(8-10-26)24-48(43,44)37-39-17-5-18-40-37)32-15-12-29(32)22-41-19-4-3-6-27-20-31(38)14-11-30(27)23-47-34-16-13-28(21-33(34)41)36(42)46-2/h5,9,11,13-14,16-18,20-21,25,29,32,35H,3-4,6-8,10,12,15,19,22-24H2,1-2H3/t25?,29-,32+,35+/m0/s1. The van der Waals surface area contributed by atoms with E-state index in [0.717, 1.165) is 80.1 Å². The highest BCUT2D eigenvalue weighted by molar-refractivity contribution is 7.91. The summed E-state index contributed by atoms with van der Waals surface area (Å²) in [6.45, 7) is 2.05. The van der Waals surface area contributed by atoms with E-state index >= 15 is 0 Å². The molecule has 2 aliphatic carbocycles. The largest absolute Gasteiger partial charge is 0.487 e. The summed E-state index contributed by atoms with van der Waals surface area (Å²) in [5, 5.41) is 0.630. The Morgan fingerprint density at radius 1 is 1.04 bits per heavy atom. The summed E-state index contributed by atoms with van der Waals surface area (Å²) in [7, 11) is -0.351. The highest BCUT2D eigenvalue weighted by Gasteiger charge is 2.40. The molecule has 3 aromatic rings. The monoisotopic (exact) mass is 693 g/mol. The van der Waals surface area contributed by atoms with Crippen molar-refractivity contribution in [3.05, 3.63) is 88.2 Å². The molecule has 1 unspecified atom stereocenters. The van der Waals surface area contributed by atoms with Gasteiger partial charge in [0.2, 0.25) is 15.0 Å². The molecule has 48 heavy (non-hydrogen) atoms. The van der Waals surface area contributed by atoms with Crippen molar-refractivity contribution in [2.24, 2.45) is 17.8 Å². The number of carbonyl (C=O) groups is 1. The highest BCUT2D eigenvalue weighted by atomic mass is 35.5. The van der Waals surface area contributed by atoms with E-state index in [0.29, 0.717) is 30.4 Å². The summed E-state index contributed by atoms with van der Waals surface area (Å²) in [6, 6.07) is 13.2. The zero-order chi connectivity index (χ0) is 33.7. The number of allylic oxidation sites excluding steroid dienone is 1. The van der Waals surface area contributed by atoms with E-state index in [2.05, 4.69) is 20.9 Å². The van der Waals surface area contributed by atoms with E-state index in [1.807, 2.05) is 30.3 Å². The summed E-state index contributed by atoms with van der Waals surface area (Å²) < 4.78 is 43.5. The number of fused-ring (bicyclic) bond motifs is 2. The normalized spacial score (nSPS) is 22.1. The molecule has 0 spiro atoms. The Morgan fingerprint density at radius 3 is 2.58 bits per heavy atom. The molecule has 0 radical (unpaired) electrons. The Bertz CT molecular complexity index is 1730. The van der Waals surface area contributed by atoms with Gasteiger partial charge in [-0.15, -0.1) is 0 Å². The number of sulfone groups is 1. The van der Waals surface area contributed by atoms with Crippen LogP contribution < -0.4 is 9.64 Å². The Morgan fingerprint density at radius 2 is 1.88 bits per heavy atom. The van der Waals surface area contributed by atoms with Gasteiger partial charge in [-0.2, -0.15) is 0 Å². The number of hydrogen-bond donors (Lipinski definition) is 0. The molecule has 1 fully saturated rings. The van der Waals surface area contributed by atoms with Crippen LogP contribution in [0.15, 0.2) is 71.7 Å². The molecule has 0 amide bonds. The first-order valence-corrected chi connectivity index (χ1v) is 18.9. The number of halogens is 1. The van der Waals surface area contributed by atoms with Crippen molar-refractivity contribution in [3.8, 4) is 5.75 Å². The van der Waals surface area contributed by atoms with E-state index in [1.54, 1.807) is 19.2 Å². The molecular weight excluding hydrogens is 650 g/mol. The SMILES string of the molecule is COC(=O)c1ccc2c(c1)N(C[C@@H]1CC[C@H]1[C@H](OC)C1=CCC(CS(=O)(=O)c3ncccn3)CC1)CCCCc1cc(Cl)ccc1CO2. The summed E-state index contributed by atoms with van der Waals surface area (Å²) in [5.41, 5.74) is 4.99. The second-order valence-electron chi connectivity index (χ2n) is 13.2. The minimum Gasteiger partial charge on any atom is -0.487 e. The highest BCUT2D eigenvalue weighted by Crippen LogP contribution is 2.44. The van der Waals surface area contributed by atoms with Gasteiger partial charge in [0.25, 0.3) is 0 Å². The topological polar surface area (TPSA) is 108 Å². The van der Waals surface area contributed by atoms with Crippen molar-refractivity contribution >= 4 is 33.1 Å². The number of benzene rings is 2. The maximum Gasteiger partial charge on any atom is 0.337 e. The second-order valence-corrected chi connectivity index (χ2v) is 15.5. The van der Waals surface area contributed by atoms with Crippen molar-refractivity contribution < 1.29 is 27.4 Å². The van der Waals surface area contributed by atoms with Crippen LogP contribution in [0.5, 0.6) is 5.75 Å². The lowest BCUT2D eigenvalue weighted by atomic mass is 9.67. The second kappa shape index (κ2) is 15.4. The van der Waals surface area contributed by atoms with E-state index in [4.69, 9.17) is 25.8 Å². The van der Waals surface area contributed by atoms with E-state index in [-0.39, 0.29) is 28.9 Å². The molecule has 1 aliphatic heterocycles. The van der Waals surface area contributed by atoms with Crippen molar-refractivity contribution in [2.75, 3.05) is 38.0 Å². The molecule has 11 heteroatoms. The zero-order valence-electron chi connectivity index (χ0n) is 27.6. The minimum atomic E-state index is -3.54. The molecule has 6 rings (SSSR count). The van der Waals surface area contributed by atoms with Crippen LogP contribution in [0.25, 0.3) is 0 Å². The molecule has 1 aromatic heterocycles. The van der Waals surface area contributed by atoms with Gasteiger partial charge in [0, 0.05) is 37.6 Å². The fourth-order valence-electron chi connectivity index (χ4n) is 7.44. The van der Waals surface area contributed by atoms with Gasteiger partial charge in [-0.25, -0.2) is 23.2 Å².